The molecular formula is C17H21BN4O8S. The summed E-state index contributed by atoms with van der Waals surface area (Å²) in [4.78, 5) is 29.6. The number of phenols is 1. The first-order valence-corrected chi connectivity index (χ1v) is 10.1. The van der Waals surface area contributed by atoms with Gasteiger partial charge in [0.15, 0.2) is 11.2 Å². The third-order valence-corrected chi connectivity index (χ3v) is 5.47. The van der Waals surface area contributed by atoms with Crippen molar-refractivity contribution in [2.24, 2.45) is 0 Å². The summed E-state index contributed by atoms with van der Waals surface area (Å²) in [6.07, 6.45) is -0.532. The lowest BCUT2D eigenvalue weighted by atomic mass is 9.82. The molecule has 3 rings (SSSR count). The highest BCUT2D eigenvalue weighted by Crippen LogP contribution is 2.34. The largest absolute Gasteiger partial charge is 0.507 e. The molecule has 1 fully saturated rings. The monoisotopic (exact) mass is 452 g/mol. The van der Waals surface area contributed by atoms with E-state index in [-0.39, 0.29) is 48.0 Å². The smallest absolute Gasteiger partial charge is 0.451 e. The number of carbonyl (C=O) groups excluding carboxylic acids is 1. The number of ether oxygens (including phenoxy) is 1. The molecule has 1 atom stereocenters. The highest BCUT2D eigenvalue weighted by molar-refractivity contribution is 7.13. The predicted octanol–water partition coefficient (Wildman–Crippen LogP) is -0.546. The third kappa shape index (κ3) is 5.06. The minimum Gasteiger partial charge on any atom is -0.507 e. The SMILES string of the molecule is Nc1nc(C(NO)C(=O)N2CC(Oc3ccc(CCB(O)O)c(O)c3C(=O)O)C2)cs1. The number of likely N-dealkylation sites (tertiary alicyclic amines) is 1. The number of nitrogen functional groups attached to an aromatic ring is 1. The van der Waals surface area contributed by atoms with E-state index in [2.05, 4.69) is 4.98 Å². The van der Waals surface area contributed by atoms with E-state index in [1.807, 2.05) is 5.48 Å². The van der Waals surface area contributed by atoms with Crippen molar-refractivity contribution >= 4 is 35.5 Å². The van der Waals surface area contributed by atoms with E-state index in [1.165, 1.54) is 17.0 Å². The Bertz CT molecular complexity index is 966. The van der Waals surface area contributed by atoms with Gasteiger partial charge in [-0.1, -0.05) is 6.07 Å². The number of carboxylic acid groups (broad SMARTS) is 1. The lowest BCUT2D eigenvalue weighted by molar-refractivity contribution is -0.145. The van der Waals surface area contributed by atoms with Gasteiger partial charge in [0.2, 0.25) is 5.91 Å². The molecule has 2 heterocycles. The molecular weight excluding hydrogens is 431 g/mol. The van der Waals surface area contributed by atoms with E-state index in [4.69, 9.17) is 20.5 Å². The second-order valence-electron chi connectivity index (χ2n) is 6.93. The molecule has 12 nitrogen and oxygen atoms in total. The van der Waals surface area contributed by atoms with E-state index in [1.54, 1.807) is 5.38 Å². The quantitative estimate of drug-likeness (QED) is 0.190. The molecule has 31 heavy (non-hydrogen) atoms. The second kappa shape index (κ2) is 9.49. The molecule has 0 radical (unpaired) electrons. The zero-order valence-corrected chi connectivity index (χ0v) is 16.9. The number of hydrogen-bond acceptors (Lipinski definition) is 11. The Morgan fingerprint density at radius 2 is 2.10 bits per heavy atom. The lowest BCUT2D eigenvalue weighted by Gasteiger charge is -2.40. The Hall–Kier alpha value is -2.91. The number of aryl methyl sites for hydroxylation is 1. The van der Waals surface area contributed by atoms with Gasteiger partial charge in [0, 0.05) is 5.38 Å². The summed E-state index contributed by atoms with van der Waals surface area (Å²) in [5.41, 5.74) is 7.54. The van der Waals surface area contributed by atoms with Crippen molar-refractivity contribution in [2.45, 2.75) is 24.9 Å². The van der Waals surface area contributed by atoms with Crippen LogP contribution in [-0.4, -0.2) is 73.5 Å². The summed E-state index contributed by atoms with van der Waals surface area (Å²) in [6.45, 7) is 0.268. The molecule has 8 N–H and O–H groups in total. The Balaban J connectivity index is 1.66. The number of amides is 1. The van der Waals surface area contributed by atoms with Crippen molar-refractivity contribution in [1.29, 1.82) is 0 Å². The van der Waals surface area contributed by atoms with Gasteiger partial charge in [-0.25, -0.2) is 9.78 Å². The fourth-order valence-corrected chi connectivity index (χ4v) is 3.73. The number of carbonyl (C=O) groups is 2. The number of carboxylic acids is 1. The van der Waals surface area contributed by atoms with Gasteiger partial charge in [0.25, 0.3) is 0 Å². The van der Waals surface area contributed by atoms with Crippen LogP contribution in [0.2, 0.25) is 6.32 Å². The maximum atomic E-state index is 12.6. The van der Waals surface area contributed by atoms with Crippen LogP contribution in [-0.2, 0) is 11.2 Å². The number of nitrogens with two attached hydrogens (primary N) is 1. The molecule has 1 aliphatic heterocycles. The summed E-state index contributed by atoms with van der Waals surface area (Å²) in [6, 6.07) is 1.73. The van der Waals surface area contributed by atoms with Crippen molar-refractivity contribution < 1.29 is 39.8 Å². The van der Waals surface area contributed by atoms with Gasteiger partial charge < -0.3 is 40.8 Å². The van der Waals surface area contributed by atoms with Crippen LogP contribution in [0.5, 0.6) is 11.5 Å². The number of benzene rings is 1. The van der Waals surface area contributed by atoms with Crippen molar-refractivity contribution in [1.82, 2.24) is 15.4 Å². The van der Waals surface area contributed by atoms with E-state index in [9.17, 15) is 25.0 Å². The van der Waals surface area contributed by atoms with Gasteiger partial charge in [-0.2, -0.15) is 5.48 Å². The molecule has 1 aromatic carbocycles. The summed E-state index contributed by atoms with van der Waals surface area (Å²) in [5, 5.41) is 48.8. The first-order valence-electron chi connectivity index (χ1n) is 9.21. The molecule has 0 spiro atoms. The number of thiazole rings is 1. The number of rotatable bonds is 9. The van der Waals surface area contributed by atoms with Crippen molar-refractivity contribution in [3.8, 4) is 11.5 Å². The molecule has 166 valence electrons. The number of hydroxylamine groups is 1. The average Bonchev–Trinajstić information content (AvgIpc) is 3.09. The lowest BCUT2D eigenvalue weighted by Crippen LogP contribution is -2.58. The highest BCUT2D eigenvalue weighted by atomic mass is 32.1. The molecule has 1 unspecified atom stereocenters. The van der Waals surface area contributed by atoms with Gasteiger partial charge in [0.1, 0.15) is 23.2 Å². The fraction of sp³-hybridized carbons (Fsp3) is 0.353. The Morgan fingerprint density at radius 3 is 2.65 bits per heavy atom. The average molecular weight is 452 g/mol. The van der Waals surface area contributed by atoms with Crippen LogP contribution in [0.1, 0.15) is 27.7 Å². The molecule has 0 saturated carbocycles. The van der Waals surface area contributed by atoms with E-state index >= 15 is 0 Å². The van der Waals surface area contributed by atoms with Crippen molar-refractivity contribution in [2.75, 3.05) is 18.8 Å². The molecule has 14 heteroatoms. The number of nitrogens with one attached hydrogen (secondary N) is 1. The van der Waals surface area contributed by atoms with Gasteiger partial charge in [-0.05, 0) is 24.4 Å². The molecule has 0 bridgehead atoms. The van der Waals surface area contributed by atoms with Crippen LogP contribution in [0, 0.1) is 0 Å². The number of aromatic hydroxyl groups is 1. The first kappa shape index (κ1) is 22.8. The topological polar surface area (TPSA) is 199 Å². The van der Waals surface area contributed by atoms with Crippen molar-refractivity contribution in [3.63, 3.8) is 0 Å². The molecule has 2 aromatic rings. The van der Waals surface area contributed by atoms with Crippen LogP contribution in [0.3, 0.4) is 0 Å². The van der Waals surface area contributed by atoms with Crippen LogP contribution < -0.4 is 16.0 Å². The number of anilines is 1. The molecule has 1 aliphatic rings. The maximum absolute atomic E-state index is 12.6. The molecule has 1 amide bonds. The summed E-state index contributed by atoms with van der Waals surface area (Å²) < 4.78 is 5.66. The summed E-state index contributed by atoms with van der Waals surface area (Å²) >= 11 is 1.13. The third-order valence-electron chi connectivity index (χ3n) is 4.77. The Labute approximate surface area is 180 Å². The maximum Gasteiger partial charge on any atom is 0.451 e. The minimum absolute atomic E-state index is 0.0620. The van der Waals surface area contributed by atoms with Gasteiger partial charge in [0.05, 0.1) is 18.8 Å². The zero-order valence-electron chi connectivity index (χ0n) is 16.1. The molecule has 1 aromatic heterocycles. The fourth-order valence-electron chi connectivity index (χ4n) is 3.14. The first-order chi connectivity index (χ1) is 14.7. The molecule has 1 saturated heterocycles. The van der Waals surface area contributed by atoms with E-state index in [0.717, 1.165) is 11.3 Å². The number of hydrogen-bond donors (Lipinski definition) is 7. The number of aromatic carboxylic acids is 1. The van der Waals surface area contributed by atoms with Crippen LogP contribution >= 0.6 is 11.3 Å². The summed E-state index contributed by atoms with van der Waals surface area (Å²) in [7, 11) is -1.58. The second-order valence-corrected chi connectivity index (χ2v) is 7.82. The highest BCUT2D eigenvalue weighted by Gasteiger charge is 2.38. The van der Waals surface area contributed by atoms with E-state index in [0.29, 0.717) is 0 Å². The van der Waals surface area contributed by atoms with Gasteiger partial charge in [-0.15, -0.1) is 11.3 Å². The van der Waals surface area contributed by atoms with Crippen LogP contribution in [0.15, 0.2) is 17.5 Å². The van der Waals surface area contributed by atoms with Crippen molar-refractivity contribution in [3.05, 3.63) is 34.3 Å². The van der Waals surface area contributed by atoms with Gasteiger partial charge in [-0.3, -0.25) is 4.79 Å². The molecule has 0 aliphatic carbocycles. The standard InChI is InChI=1S/C17H21BN4O8S/c19-17-20-10(7-31-17)13(21-29)15(24)22-5-9(6-22)30-11-2-1-8(3-4-18(27)28)14(23)12(11)16(25)26/h1-2,7,9,13,21,23,27-29H,3-6H2,(H2,19,20)(H,25,26). The van der Waals surface area contributed by atoms with Crippen LogP contribution in [0.4, 0.5) is 5.13 Å². The summed E-state index contributed by atoms with van der Waals surface area (Å²) in [5.74, 6) is -2.44. The number of aromatic nitrogens is 1. The predicted molar refractivity (Wildman–Crippen MR) is 109 cm³/mol. The van der Waals surface area contributed by atoms with Crippen LogP contribution in [0.25, 0.3) is 0 Å². The normalized spacial score (nSPS) is 14.7. The minimum atomic E-state index is -1.58. The Kier molecular flexibility index (Phi) is 6.97. The Morgan fingerprint density at radius 1 is 1.39 bits per heavy atom. The van der Waals surface area contributed by atoms with E-state index < -0.39 is 42.5 Å². The zero-order chi connectivity index (χ0) is 22.7. The van der Waals surface area contributed by atoms with Gasteiger partial charge >= 0.3 is 13.1 Å². The number of nitrogens with zero attached hydrogens (tertiary/aromatic N) is 2.